The second-order valence-electron chi connectivity index (χ2n) is 11.7. The molecule has 2 amide bonds. The highest BCUT2D eigenvalue weighted by molar-refractivity contribution is 7.07. The van der Waals surface area contributed by atoms with Crippen LogP contribution in [0, 0.1) is 0 Å². The Bertz CT molecular complexity index is 1280. The van der Waals surface area contributed by atoms with E-state index in [1.54, 1.807) is 5.51 Å². The first kappa shape index (κ1) is 30.3. The number of thiazole rings is 1. The number of likely N-dealkylation sites (N-methyl/N-ethyl adjacent to an activating group) is 1. The minimum Gasteiger partial charge on any atom is -0.489 e. The normalized spacial score (nSPS) is 14.9. The topological polar surface area (TPSA) is 83.6 Å². The molecule has 2 N–H and O–H groups in total. The van der Waals surface area contributed by atoms with Gasteiger partial charge < -0.3 is 20.3 Å². The number of benzene rings is 2. The fourth-order valence-electron chi connectivity index (χ4n) is 4.92. The minimum absolute atomic E-state index is 0.177. The number of aromatic nitrogens is 1. The third kappa shape index (κ3) is 9.46. The molecule has 1 aliphatic carbocycles. The summed E-state index contributed by atoms with van der Waals surface area (Å²) in [6, 6.07) is 16.5. The fraction of sp³-hybridized carbons (Fsp3) is 0.424. The van der Waals surface area contributed by atoms with E-state index in [1.165, 1.54) is 23.5 Å². The van der Waals surface area contributed by atoms with Crippen molar-refractivity contribution in [3.8, 4) is 5.75 Å². The van der Waals surface area contributed by atoms with E-state index in [1.807, 2.05) is 87.8 Å². The molecule has 1 aromatic heterocycles. The van der Waals surface area contributed by atoms with E-state index < -0.39 is 17.6 Å². The van der Waals surface area contributed by atoms with Crippen LogP contribution in [0.2, 0.25) is 0 Å². The van der Waals surface area contributed by atoms with Gasteiger partial charge in [-0.2, -0.15) is 0 Å². The maximum Gasteiger partial charge on any atom is 0.243 e. The zero-order valence-corrected chi connectivity index (χ0v) is 25.4. The number of ether oxygens (including phenoxy) is 1. The first-order valence-corrected chi connectivity index (χ1v) is 15.3. The van der Waals surface area contributed by atoms with Gasteiger partial charge in [0.2, 0.25) is 11.8 Å². The average Bonchev–Trinajstić information content (AvgIpc) is 3.48. The molecule has 0 saturated carbocycles. The molecule has 0 bridgehead atoms. The van der Waals surface area contributed by atoms with Crippen LogP contribution in [0.1, 0.15) is 63.3 Å². The maximum atomic E-state index is 13.9. The van der Waals surface area contributed by atoms with Crippen LogP contribution in [0.3, 0.4) is 0 Å². The smallest absolute Gasteiger partial charge is 0.243 e. The number of carbonyl (C=O) groups is 2. The predicted molar refractivity (Wildman–Crippen MR) is 165 cm³/mol. The molecule has 0 fully saturated rings. The molecule has 7 nitrogen and oxygen atoms in total. The summed E-state index contributed by atoms with van der Waals surface area (Å²) in [5.41, 5.74) is 5.44. The number of hydrogen-bond acceptors (Lipinski definition) is 6. The van der Waals surface area contributed by atoms with Crippen molar-refractivity contribution in [2.24, 2.45) is 0 Å². The molecule has 3 aromatic rings. The predicted octanol–water partition coefficient (Wildman–Crippen LogP) is 5.67. The molecule has 2 atom stereocenters. The number of nitrogens with one attached hydrogen (secondary N) is 2. The zero-order chi connectivity index (χ0) is 29.2. The monoisotopic (exact) mass is 574 g/mol. The Kier molecular flexibility index (Phi) is 10.6. The van der Waals surface area contributed by atoms with Gasteiger partial charge in [0.1, 0.15) is 24.4 Å². The van der Waals surface area contributed by atoms with Crippen LogP contribution in [0.5, 0.6) is 5.75 Å². The van der Waals surface area contributed by atoms with Gasteiger partial charge in [-0.1, -0.05) is 48.5 Å². The molecule has 41 heavy (non-hydrogen) atoms. The number of carbonyl (C=O) groups excluding carboxylic acids is 2. The van der Waals surface area contributed by atoms with E-state index in [2.05, 4.69) is 26.6 Å². The van der Waals surface area contributed by atoms with Gasteiger partial charge in [0.15, 0.2) is 0 Å². The Morgan fingerprint density at radius 2 is 1.76 bits per heavy atom. The largest absolute Gasteiger partial charge is 0.489 e. The van der Waals surface area contributed by atoms with Crippen molar-refractivity contribution in [2.45, 2.75) is 83.5 Å². The van der Waals surface area contributed by atoms with Crippen molar-refractivity contribution >= 4 is 23.2 Å². The second-order valence-corrected chi connectivity index (χ2v) is 12.4. The standard InChI is InChI=1S/C33H42N4O3S/c1-33(2,3)36-31(38)29(19-24-15-17-28(18-16-24)40-21-25-11-7-5-8-12-25)35-32(39)30(20-26-22-41-23-34-26)37(4)27-13-9-6-10-14-27/h5,7-8,11-13,15-18,22-23,29-30H,6,9-10,14,19-21H2,1-4H3,(H,35,39)(H,36,38). The Morgan fingerprint density at radius 3 is 2.39 bits per heavy atom. The summed E-state index contributed by atoms with van der Waals surface area (Å²) in [5.74, 6) is 0.370. The molecule has 4 rings (SSSR count). The third-order valence-corrected chi connectivity index (χ3v) is 7.75. The molecular formula is C33H42N4O3S. The van der Waals surface area contributed by atoms with Gasteiger partial charge in [-0.15, -0.1) is 11.3 Å². The van der Waals surface area contributed by atoms with Crippen molar-refractivity contribution in [3.05, 3.63) is 94.1 Å². The Balaban J connectivity index is 1.49. The Morgan fingerprint density at radius 1 is 1.00 bits per heavy atom. The van der Waals surface area contributed by atoms with Gasteiger partial charge in [-0.05, 0) is 69.7 Å². The summed E-state index contributed by atoms with van der Waals surface area (Å²) in [6.07, 6.45) is 7.33. The quantitative estimate of drug-likeness (QED) is 0.292. The van der Waals surface area contributed by atoms with Gasteiger partial charge in [-0.3, -0.25) is 9.59 Å². The lowest BCUT2D eigenvalue weighted by atomic mass is 10.00. The molecule has 0 radical (unpaired) electrons. The lowest BCUT2D eigenvalue weighted by molar-refractivity contribution is -0.132. The first-order valence-electron chi connectivity index (χ1n) is 14.3. The summed E-state index contributed by atoms with van der Waals surface area (Å²) in [5, 5.41) is 8.14. The fourth-order valence-corrected chi connectivity index (χ4v) is 5.49. The highest BCUT2D eigenvalue weighted by atomic mass is 32.1. The summed E-state index contributed by atoms with van der Waals surface area (Å²) in [6.45, 7) is 6.31. The highest BCUT2D eigenvalue weighted by Gasteiger charge is 2.31. The van der Waals surface area contributed by atoms with E-state index in [9.17, 15) is 9.59 Å². The molecule has 0 saturated heterocycles. The third-order valence-electron chi connectivity index (χ3n) is 7.12. The van der Waals surface area contributed by atoms with E-state index in [4.69, 9.17) is 4.74 Å². The van der Waals surface area contributed by atoms with Crippen LogP contribution >= 0.6 is 11.3 Å². The van der Waals surface area contributed by atoms with Crippen LogP contribution in [-0.4, -0.2) is 46.4 Å². The molecule has 1 heterocycles. The van der Waals surface area contributed by atoms with Crippen molar-refractivity contribution in [2.75, 3.05) is 7.05 Å². The Labute approximate surface area is 248 Å². The summed E-state index contributed by atoms with van der Waals surface area (Å²) >= 11 is 1.52. The molecule has 2 unspecified atom stereocenters. The summed E-state index contributed by atoms with van der Waals surface area (Å²) in [4.78, 5) is 33.9. The van der Waals surface area contributed by atoms with Gasteiger partial charge >= 0.3 is 0 Å². The van der Waals surface area contributed by atoms with Gasteiger partial charge in [-0.25, -0.2) is 4.98 Å². The maximum absolute atomic E-state index is 13.9. The van der Waals surface area contributed by atoms with E-state index >= 15 is 0 Å². The molecule has 2 aromatic carbocycles. The zero-order valence-electron chi connectivity index (χ0n) is 24.6. The van der Waals surface area contributed by atoms with E-state index in [-0.39, 0.29) is 11.8 Å². The number of hydrogen-bond donors (Lipinski definition) is 2. The Hall–Kier alpha value is -3.65. The molecule has 8 heteroatoms. The van der Waals surface area contributed by atoms with Crippen LogP contribution in [0.25, 0.3) is 0 Å². The summed E-state index contributed by atoms with van der Waals surface area (Å²) in [7, 11) is 1.98. The van der Waals surface area contributed by atoms with Gasteiger partial charge in [0.05, 0.1) is 11.2 Å². The molecule has 218 valence electrons. The van der Waals surface area contributed by atoms with Gasteiger partial charge in [0, 0.05) is 36.5 Å². The van der Waals surface area contributed by atoms with Crippen LogP contribution in [-0.2, 0) is 29.0 Å². The summed E-state index contributed by atoms with van der Waals surface area (Å²) < 4.78 is 5.93. The average molecular weight is 575 g/mol. The second kappa shape index (κ2) is 14.3. The number of nitrogens with zero attached hydrogens (tertiary/aromatic N) is 2. The van der Waals surface area contributed by atoms with Crippen LogP contribution in [0.4, 0.5) is 0 Å². The number of amides is 2. The lowest BCUT2D eigenvalue weighted by Gasteiger charge is -2.34. The van der Waals surface area contributed by atoms with E-state index in [0.29, 0.717) is 19.4 Å². The molecule has 0 aliphatic heterocycles. The SMILES string of the molecule is CN(C1=CCCCC1)C(Cc1cscn1)C(=O)NC(Cc1ccc(OCc2ccccc2)cc1)C(=O)NC(C)(C)C. The first-order chi connectivity index (χ1) is 19.7. The lowest BCUT2D eigenvalue weighted by Crippen LogP contribution is -2.56. The van der Waals surface area contributed by atoms with Crippen molar-refractivity contribution in [1.29, 1.82) is 0 Å². The number of allylic oxidation sites excluding steroid dienone is 2. The molecular weight excluding hydrogens is 532 g/mol. The van der Waals surface area contributed by atoms with Crippen LogP contribution in [0.15, 0.2) is 77.3 Å². The molecule has 0 spiro atoms. The van der Waals surface area contributed by atoms with Crippen molar-refractivity contribution < 1.29 is 14.3 Å². The number of rotatable bonds is 12. The minimum atomic E-state index is -0.732. The highest BCUT2D eigenvalue weighted by Crippen LogP contribution is 2.23. The van der Waals surface area contributed by atoms with Gasteiger partial charge in [0.25, 0.3) is 0 Å². The van der Waals surface area contributed by atoms with Crippen molar-refractivity contribution in [3.63, 3.8) is 0 Å². The van der Waals surface area contributed by atoms with Crippen molar-refractivity contribution in [1.82, 2.24) is 20.5 Å². The van der Waals surface area contributed by atoms with E-state index in [0.717, 1.165) is 41.8 Å². The molecule has 1 aliphatic rings. The van der Waals surface area contributed by atoms with Crippen LogP contribution < -0.4 is 15.4 Å².